The summed E-state index contributed by atoms with van der Waals surface area (Å²) >= 11 is 6.43. The third-order valence-corrected chi connectivity index (χ3v) is 7.01. The van der Waals surface area contributed by atoms with Crippen LogP contribution in [0.15, 0.2) is 54.9 Å². The molecule has 5 rings (SSSR count). The van der Waals surface area contributed by atoms with Gasteiger partial charge >= 0.3 is 0 Å². The van der Waals surface area contributed by atoms with Gasteiger partial charge in [0.1, 0.15) is 5.69 Å². The number of methoxy groups -OCH3 is 1. The number of nitrogens with zero attached hydrogens (tertiary/aromatic N) is 5. The van der Waals surface area contributed by atoms with E-state index in [2.05, 4.69) is 15.4 Å². The van der Waals surface area contributed by atoms with Gasteiger partial charge in [-0.25, -0.2) is 4.98 Å². The first kappa shape index (κ1) is 23.9. The molecule has 10 heteroatoms. The first-order valence-corrected chi connectivity index (χ1v) is 12.1. The minimum Gasteiger partial charge on any atom is -0.480 e. The molecule has 0 saturated carbocycles. The second-order valence-electron chi connectivity index (χ2n) is 9.00. The minimum absolute atomic E-state index is 0.0860. The SMILES string of the molecule is COc1cc(C(=O)N[C@@H]2CCN(C(=O)c3cc(Cl)c4ncc(C)n4c3)C[C@@H]2c2ccccc2)n(C)n1. The number of likely N-dealkylation sites (tertiary alicyclic amines) is 1. The number of aromatic nitrogens is 4. The number of ether oxygens (including phenoxy) is 1. The summed E-state index contributed by atoms with van der Waals surface area (Å²) in [5, 5.41) is 7.79. The van der Waals surface area contributed by atoms with Crippen LogP contribution >= 0.6 is 11.6 Å². The van der Waals surface area contributed by atoms with Crippen LogP contribution in [0.1, 0.15) is 44.4 Å². The zero-order valence-electron chi connectivity index (χ0n) is 20.3. The number of hydrogen-bond acceptors (Lipinski definition) is 5. The molecule has 4 heterocycles. The molecule has 1 aromatic carbocycles. The normalized spacial score (nSPS) is 17.8. The van der Waals surface area contributed by atoms with Crippen molar-refractivity contribution in [1.29, 1.82) is 0 Å². The summed E-state index contributed by atoms with van der Waals surface area (Å²) in [5.41, 5.74) is 3.50. The highest BCUT2D eigenvalue weighted by atomic mass is 35.5. The average molecular weight is 507 g/mol. The maximum Gasteiger partial charge on any atom is 0.269 e. The van der Waals surface area contributed by atoms with Crippen molar-refractivity contribution in [2.75, 3.05) is 20.2 Å². The Bertz CT molecular complexity index is 1430. The number of benzene rings is 1. The third-order valence-electron chi connectivity index (χ3n) is 6.74. The number of amides is 2. The molecule has 1 saturated heterocycles. The van der Waals surface area contributed by atoms with Gasteiger partial charge in [0.2, 0.25) is 5.88 Å². The summed E-state index contributed by atoms with van der Waals surface area (Å²) in [6.07, 6.45) is 4.12. The summed E-state index contributed by atoms with van der Waals surface area (Å²) in [7, 11) is 3.22. The van der Waals surface area contributed by atoms with E-state index in [1.54, 1.807) is 31.6 Å². The van der Waals surface area contributed by atoms with Gasteiger partial charge in [-0.3, -0.25) is 14.3 Å². The Morgan fingerprint density at radius 3 is 2.69 bits per heavy atom. The van der Waals surface area contributed by atoms with Gasteiger partial charge < -0.3 is 19.4 Å². The molecule has 0 aliphatic carbocycles. The lowest BCUT2D eigenvalue weighted by Gasteiger charge is -2.39. The predicted molar refractivity (Wildman–Crippen MR) is 136 cm³/mol. The summed E-state index contributed by atoms with van der Waals surface area (Å²) < 4.78 is 8.49. The van der Waals surface area contributed by atoms with Crippen molar-refractivity contribution in [2.45, 2.75) is 25.3 Å². The lowest BCUT2D eigenvalue weighted by Crippen LogP contribution is -2.51. The fraction of sp³-hybridized carbons (Fsp3) is 0.308. The fourth-order valence-electron chi connectivity index (χ4n) is 4.81. The molecule has 4 aromatic rings. The van der Waals surface area contributed by atoms with E-state index in [9.17, 15) is 9.59 Å². The zero-order valence-corrected chi connectivity index (χ0v) is 21.1. The molecule has 1 fully saturated rings. The van der Waals surface area contributed by atoms with Gasteiger partial charge in [-0.2, -0.15) is 0 Å². The Labute approximate surface area is 213 Å². The number of fused-ring (bicyclic) bond motifs is 1. The van der Waals surface area contributed by atoms with Crippen LogP contribution < -0.4 is 10.1 Å². The van der Waals surface area contributed by atoms with Gasteiger partial charge in [-0.15, -0.1) is 5.10 Å². The Morgan fingerprint density at radius 2 is 1.97 bits per heavy atom. The quantitative estimate of drug-likeness (QED) is 0.447. The maximum absolute atomic E-state index is 13.6. The van der Waals surface area contributed by atoms with Crippen LogP contribution in [0.2, 0.25) is 5.02 Å². The zero-order chi connectivity index (χ0) is 25.4. The van der Waals surface area contributed by atoms with Crippen LogP contribution in [-0.4, -0.2) is 62.1 Å². The highest BCUT2D eigenvalue weighted by Crippen LogP contribution is 2.30. The van der Waals surface area contributed by atoms with Gasteiger partial charge in [0.25, 0.3) is 11.8 Å². The average Bonchev–Trinajstić information content (AvgIpc) is 3.46. The van der Waals surface area contributed by atoms with E-state index < -0.39 is 0 Å². The van der Waals surface area contributed by atoms with Gasteiger partial charge in [0.15, 0.2) is 5.65 Å². The first-order chi connectivity index (χ1) is 17.4. The molecular weight excluding hydrogens is 480 g/mol. The Morgan fingerprint density at radius 1 is 1.19 bits per heavy atom. The van der Waals surface area contributed by atoms with Gasteiger partial charge in [0.05, 0.1) is 17.7 Å². The standard InChI is InChI=1S/C26H27ClN6O3/c1-16-13-28-24-20(27)11-18(14-33(16)24)26(35)32-10-9-21(19(15-32)17-7-5-4-6-8-17)29-25(34)22-12-23(36-3)30-31(22)2/h4-8,11-14,19,21H,9-10,15H2,1-3H3,(H,29,34)/t19-,21-/m1/s1. The molecule has 36 heavy (non-hydrogen) atoms. The number of rotatable bonds is 5. The number of carbonyl (C=O) groups is 2. The number of piperidine rings is 1. The van der Waals surface area contributed by atoms with E-state index >= 15 is 0 Å². The van der Waals surface area contributed by atoms with Crippen molar-refractivity contribution < 1.29 is 14.3 Å². The summed E-state index contributed by atoms with van der Waals surface area (Å²) in [5.74, 6) is -0.0376. The largest absolute Gasteiger partial charge is 0.480 e. The molecule has 0 spiro atoms. The van der Waals surface area contributed by atoms with E-state index in [0.717, 1.165) is 11.3 Å². The van der Waals surface area contributed by atoms with Crippen molar-refractivity contribution in [3.8, 4) is 5.88 Å². The molecule has 9 nitrogen and oxygen atoms in total. The minimum atomic E-state index is -0.230. The molecule has 2 amide bonds. The van der Waals surface area contributed by atoms with Crippen LogP contribution in [-0.2, 0) is 7.05 Å². The van der Waals surface area contributed by atoms with E-state index in [0.29, 0.717) is 47.3 Å². The molecule has 1 aliphatic rings. The first-order valence-electron chi connectivity index (χ1n) is 11.7. The molecular formula is C26H27ClN6O3. The van der Waals surface area contributed by atoms with E-state index in [-0.39, 0.29) is 23.8 Å². The molecule has 1 aliphatic heterocycles. The lowest BCUT2D eigenvalue weighted by molar-refractivity contribution is 0.0670. The van der Waals surface area contributed by atoms with Crippen molar-refractivity contribution in [3.05, 3.63) is 82.4 Å². The molecule has 0 radical (unpaired) electrons. The van der Waals surface area contributed by atoms with Crippen LogP contribution in [0, 0.1) is 6.92 Å². The number of aryl methyl sites for hydroxylation is 2. The van der Waals surface area contributed by atoms with Gasteiger partial charge in [-0.1, -0.05) is 41.9 Å². The summed E-state index contributed by atoms with van der Waals surface area (Å²) in [4.78, 5) is 32.8. The van der Waals surface area contributed by atoms with Crippen molar-refractivity contribution in [3.63, 3.8) is 0 Å². The molecule has 0 bridgehead atoms. The van der Waals surface area contributed by atoms with Crippen molar-refractivity contribution in [1.82, 2.24) is 29.4 Å². The fourth-order valence-corrected chi connectivity index (χ4v) is 5.06. The summed E-state index contributed by atoms with van der Waals surface area (Å²) in [6, 6.07) is 13.1. The number of imidazole rings is 1. The van der Waals surface area contributed by atoms with E-state index in [1.807, 2.05) is 46.6 Å². The van der Waals surface area contributed by atoms with E-state index in [4.69, 9.17) is 16.3 Å². The number of carbonyl (C=O) groups excluding carboxylic acids is 2. The van der Waals surface area contributed by atoms with Gasteiger partial charge in [-0.05, 0) is 25.0 Å². The topological polar surface area (TPSA) is 93.8 Å². The smallest absolute Gasteiger partial charge is 0.269 e. The van der Waals surface area contributed by atoms with Crippen LogP contribution in [0.5, 0.6) is 5.88 Å². The Hall–Kier alpha value is -3.85. The van der Waals surface area contributed by atoms with Crippen LogP contribution in [0.25, 0.3) is 5.65 Å². The molecule has 0 unspecified atom stereocenters. The second-order valence-corrected chi connectivity index (χ2v) is 9.41. The van der Waals surface area contributed by atoms with E-state index in [1.165, 1.54) is 11.8 Å². The summed E-state index contributed by atoms with van der Waals surface area (Å²) in [6.45, 7) is 2.88. The monoisotopic (exact) mass is 506 g/mol. The van der Waals surface area contributed by atoms with Gasteiger partial charge in [0, 0.05) is 56.3 Å². The number of halogens is 1. The number of nitrogens with one attached hydrogen (secondary N) is 1. The highest BCUT2D eigenvalue weighted by molar-refractivity contribution is 6.33. The molecule has 2 atom stereocenters. The number of hydrogen-bond donors (Lipinski definition) is 1. The highest BCUT2D eigenvalue weighted by Gasteiger charge is 2.34. The van der Waals surface area contributed by atoms with Crippen LogP contribution in [0.3, 0.4) is 0 Å². The predicted octanol–water partition coefficient (Wildman–Crippen LogP) is 3.47. The second kappa shape index (κ2) is 9.66. The maximum atomic E-state index is 13.6. The molecule has 186 valence electrons. The Kier molecular flexibility index (Phi) is 6.40. The van der Waals surface area contributed by atoms with Crippen molar-refractivity contribution >= 4 is 29.1 Å². The number of pyridine rings is 1. The third kappa shape index (κ3) is 4.42. The van der Waals surface area contributed by atoms with Crippen molar-refractivity contribution in [2.24, 2.45) is 7.05 Å². The van der Waals surface area contributed by atoms with Crippen LogP contribution in [0.4, 0.5) is 0 Å². The molecule has 3 aromatic heterocycles. The molecule has 1 N–H and O–H groups in total. The Balaban J connectivity index is 1.40. The lowest BCUT2D eigenvalue weighted by atomic mass is 9.85.